The molecule has 2 unspecified atom stereocenters. The first-order valence-electron chi connectivity index (χ1n) is 9.07. The van der Waals surface area contributed by atoms with E-state index < -0.39 is 23.8 Å². The second-order valence-electron chi connectivity index (χ2n) is 7.34. The third-order valence-corrected chi connectivity index (χ3v) is 4.92. The molecule has 5 nitrogen and oxygen atoms in total. The highest BCUT2D eigenvalue weighted by Crippen LogP contribution is 2.32. The Morgan fingerprint density at radius 3 is 2.44 bits per heavy atom. The van der Waals surface area contributed by atoms with Gasteiger partial charge in [-0.3, -0.25) is 4.79 Å². The summed E-state index contributed by atoms with van der Waals surface area (Å²) in [5.74, 6) is -0.916. The predicted molar refractivity (Wildman–Crippen MR) is 103 cm³/mol. The van der Waals surface area contributed by atoms with Crippen molar-refractivity contribution in [3.63, 3.8) is 0 Å². The molecule has 0 aliphatic carbocycles. The van der Waals surface area contributed by atoms with E-state index in [0.29, 0.717) is 6.42 Å². The lowest BCUT2D eigenvalue weighted by atomic mass is 9.92. The quantitative estimate of drug-likeness (QED) is 0.369. The number of ketones is 1. The smallest absolute Gasteiger partial charge is 0.346 e. The Morgan fingerprint density at radius 1 is 1.11 bits per heavy atom. The summed E-state index contributed by atoms with van der Waals surface area (Å²) < 4.78 is 10.4. The molecular formula is C22H24O5. The Balaban J connectivity index is 1.93. The summed E-state index contributed by atoms with van der Waals surface area (Å²) in [6, 6.07) is 11.5. The van der Waals surface area contributed by atoms with Gasteiger partial charge in [0.2, 0.25) is 5.78 Å². The van der Waals surface area contributed by atoms with Crippen LogP contribution in [0.5, 0.6) is 5.75 Å². The first kappa shape index (κ1) is 19.0. The van der Waals surface area contributed by atoms with Gasteiger partial charge in [0.05, 0.1) is 7.11 Å². The van der Waals surface area contributed by atoms with Crippen LogP contribution in [0.2, 0.25) is 0 Å². The van der Waals surface area contributed by atoms with Gasteiger partial charge in [-0.2, -0.15) is 0 Å². The number of ether oxygens (including phenoxy) is 2. The molecule has 1 N–H and O–H groups in total. The molecule has 27 heavy (non-hydrogen) atoms. The van der Waals surface area contributed by atoms with Crippen LogP contribution < -0.4 is 4.74 Å². The summed E-state index contributed by atoms with van der Waals surface area (Å²) >= 11 is 0. The summed E-state index contributed by atoms with van der Waals surface area (Å²) in [7, 11) is 1.62. The molecule has 0 spiro atoms. The van der Waals surface area contributed by atoms with E-state index in [1.807, 2.05) is 50.2 Å². The number of rotatable bonds is 5. The number of Topliss-reactive ketones (excluding diaryl/α,β-unsaturated/α-hetero) is 1. The molecule has 2 aromatic carbocycles. The minimum atomic E-state index is -0.800. The number of cyclic esters (lactones) is 1. The molecule has 5 heteroatoms. The first-order valence-corrected chi connectivity index (χ1v) is 9.07. The van der Waals surface area contributed by atoms with Crippen LogP contribution >= 0.6 is 0 Å². The van der Waals surface area contributed by atoms with Crippen molar-refractivity contribution in [3.05, 3.63) is 53.3 Å². The number of carbonyl (C=O) groups excluding carboxylic acids is 2. The monoisotopic (exact) mass is 368 g/mol. The van der Waals surface area contributed by atoms with Crippen LogP contribution in [0, 0.1) is 5.92 Å². The van der Waals surface area contributed by atoms with Gasteiger partial charge in [0.15, 0.2) is 6.10 Å². The zero-order chi connectivity index (χ0) is 19.7. The lowest BCUT2D eigenvalue weighted by Gasteiger charge is -2.14. The van der Waals surface area contributed by atoms with Crippen LogP contribution in [0.4, 0.5) is 0 Å². The van der Waals surface area contributed by atoms with Crippen molar-refractivity contribution >= 4 is 22.5 Å². The summed E-state index contributed by atoms with van der Waals surface area (Å²) in [5.41, 5.74) is 0.591. The van der Waals surface area contributed by atoms with E-state index in [2.05, 4.69) is 0 Å². The molecule has 0 amide bonds. The maximum absolute atomic E-state index is 12.5. The largest absolute Gasteiger partial charge is 0.511 e. The van der Waals surface area contributed by atoms with E-state index in [0.717, 1.165) is 22.1 Å². The minimum absolute atomic E-state index is 0.211. The number of allylic oxidation sites excluding steroid dienone is 1. The Morgan fingerprint density at radius 2 is 1.78 bits per heavy atom. The van der Waals surface area contributed by atoms with Gasteiger partial charge in [-0.15, -0.1) is 0 Å². The van der Waals surface area contributed by atoms with Gasteiger partial charge in [0, 0.05) is 5.92 Å². The van der Waals surface area contributed by atoms with Gasteiger partial charge in [-0.05, 0) is 40.8 Å². The summed E-state index contributed by atoms with van der Waals surface area (Å²) in [5, 5.41) is 12.6. The fourth-order valence-corrected chi connectivity index (χ4v) is 3.33. The average Bonchev–Trinajstić information content (AvgIpc) is 2.92. The molecule has 1 aliphatic rings. The number of methoxy groups -OCH3 is 1. The second-order valence-corrected chi connectivity index (χ2v) is 7.34. The first-order chi connectivity index (χ1) is 12.8. The van der Waals surface area contributed by atoms with E-state index in [4.69, 9.17) is 9.47 Å². The molecule has 1 fully saturated rings. The highest BCUT2D eigenvalue weighted by atomic mass is 16.6. The van der Waals surface area contributed by atoms with Gasteiger partial charge in [-0.25, -0.2) is 4.79 Å². The van der Waals surface area contributed by atoms with Gasteiger partial charge >= 0.3 is 5.97 Å². The molecular weight excluding hydrogens is 344 g/mol. The van der Waals surface area contributed by atoms with Gasteiger partial charge in [0.1, 0.15) is 17.1 Å². The zero-order valence-corrected chi connectivity index (χ0v) is 16.0. The molecule has 0 saturated carbocycles. The number of carbonyl (C=O) groups is 2. The van der Waals surface area contributed by atoms with E-state index in [1.165, 1.54) is 0 Å². The molecule has 0 radical (unpaired) electrons. The fraction of sp³-hybridized carbons (Fsp3) is 0.364. The number of benzene rings is 2. The number of hydrogen-bond donors (Lipinski definition) is 1. The van der Waals surface area contributed by atoms with Gasteiger partial charge in [0.25, 0.3) is 0 Å². The van der Waals surface area contributed by atoms with Crippen LogP contribution in [0.15, 0.2) is 47.7 Å². The Hall–Kier alpha value is -2.82. The van der Waals surface area contributed by atoms with Crippen LogP contribution in [-0.4, -0.2) is 30.1 Å². The summed E-state index contributed by atoms with van der Waals surface area (Å²) in [4.78, 5) is 24.7. The predicted octanol–water partition coefficient (Wildman–Crippen LogP) is 4.30. The van der Waals surface area contributed by atoms with Crippen molar-refractivity contribution in [3.8, 4) is 5.75 Å². The van der Waals surface area contributed by atoms with Crippen molar-refractivity contribution in [2.45, 2.75) is 39.2 Å². The van der Waals surface area contributed by atoms with Crippen molar-refractivity contribution in [1.29, 1.82) is 0 Å². The Labute approximate surface area is 158 Å². The molecule has 0 aromatic heterocycles. The topological polar surface area (TPSA) is 72.8 Å². The third-order valence-electron chi connectivity index (χ3n) is 4.92. The highest BCUT2D eigenvalue weighted by Gasteiger charge is 2.42. The second kappa shape index (κ2) is 7.43. The maximum Gasteiger partial charge on any atom is 0.346 e. The molecule has 1 heterocycles. The normalized spacial score (nSPS) is 20.1. The van der Waals surface area contributed by atoms with Gasteiger partial charge < -0.3 is 14.6 Å². The molecule has 0 bridgehead atoms. The van der Waals surface area contributed by atoms with E-state index >= 15 is 0 Å². The van der Waals surface area contributed by atoms with Crippen LogP contribution in [0.1, 0.15) is 38.7 Å². The minimum Gasteiger partial charge on any atom is -0.511 e. The van der Waals surface area contributed by atoms with Crippen molar-refractivity contribution < 1.29 is 24.2 Å². The SMILES string of the molecule is COc1ccc2cc(C(C)C(O)=C3C(=O)OC(CC(C)C)C3=O)ccc2c1. The Bertz CT molecular complexity index is 925. The van der Waals surface area contributed by atoms with Crippen molar-refractivity contribution in [2.75, 3.05) is 7.11 Å². The third kappa shape index (κ3) is 3.68. The number of aliphatic hydroxyl groups excluding tert-OH is 1. The lowest BCUT2D eigenvalue weighted by molar-refractivity contribution is -0.141. The molecule has 2 atom stereocenters. The zero-order valence-electron chi connectivity index (χ0n) is 16.0. The van der Waals surface area contributed by atoms with E-state index in [-0.39, 0.29) is 17.3 Å². The average molecular weight is 368 g/mol. The summed E-state index contributed by atoms with van der Waals surface area (Å²) in [6.45, 7) is 5.67. The number of fused-ring (bicyclic) bond motifs is 1. The molecule has 142 valence electrons. The number of esters is 1. The van der Waals surface area contributed by atoms with Crippen LogP contribution in [-0.2, 0) is 14.3 Å². The van der Waals surface area contributed by atoms with E-state index in [9.17, 15) is 14.7 Å². The van der Waals surface area contributed by atoms with Crippen LogP contribution in [0.3, 0.4) is 0 Å². The standard InChI is InChI=1S/C22H24O5/c1-12(2)9-18-21(24)19(22(25)27-18)20(23)13(3)14-5-6-16-11-17(26-4)8-7-15(16)10-14/h5-8,10-13,18,23H,9H2,1-4H3. The number of aliphatic hydroxyl groups is 1. The van der Waals surface area contributed by atoms with Crippen LogP contribution in [0.25, 0.3) is 10.8 Å². The van der Waals surface area contributed by atoms with Crippen molar-refractivity contribution in [2.24, 2.45) is 5.92 Å². The van der Waals surface area contributed by atoms with Crippen molar-refractivity contribution in [1.82, 2.24) is 0 Å². The Kier molecular flexibility index (Phi) is 5.22. The highest BCUT2D eigenvalue weighted by molar-refractivity contribution is 6.23. The summed E-state index contributed by atoms with van der Waals surface area (Å²) in [6.07, 6.45) is -0.348. The molecule has 2 aromatic rings. The fourth-order valence-electron chi connectivity index (χ4n) is 3.33. The lowest BCUT2D eigenvalue weighted by Crippen LogP contribution is -2.19. The van der Waals surface area contributed by atoms with Gasteiger partial charge in [-0.1, -0.05) is 45.0 Å². The van der Waals surface area contributed by atoms with E-state index in [1.54, 1.807) is 14.0 Å². The maximum atomic E-state index is 12.5. The molecule has 1 saturated heterocycles. The molecule has 1 aliphatic heterocycles. The molecule has 3 rings (SSSR count). The number of hydrogen-bond acceptors (Lipinski definition) is 5.